The quantitative estimate of drug-likeness (QED) is 0.912. The SMILES string of the molecule is CCOc1c(C(N)=O)ccc(C)c1-c1ccccc1. The van der Waals surface area contributed by atoms with Gasteiger partial charge in [-0.2, -0.15) is 0 Å². The molecular weight excluding hydrogens is 238 g/mol. The minimum absolute atomic E-state index is 0.423. The van der Waals surface area contributed by atoms with Gasteiger partial charge in [-0.15, -0.1) is 0 Å². The Morgan fingerprint density at radius 3 is 2.42 bits per heavy atom. The highest BCUT2D eigenvalue weighted by Crippen LogP contribution is 2.36. The monoisotopic (exact) mass is 255 g/mol. The van der Waals surface area contributed by atoms with Gasteiger partial charge in [0.05, 0.1) is 12.2 Å². The molecule has 0 unspecified atom stereocenters. The Bertz CT molecular complexity index is 591. The minimum atomic E-state index is -0.472. The molecule has 0 aromatic heterocycles. The van der Waals surface area contributed by atoms with Crippen LogP contribution in [0, 0.1) is 6.92 Å². The van der Waals surface area contributed by atoms with Crippen LogP contribution >= 0.6 is 0 Å². The molecule has 3 heteroatoms. The second kappa shape index (κ2) is 5.57. The third kappa shape index (κ3) is 2.60. The van der Waals surface area contributed by atoms with Gasteiger partial charge in [-0.25, -0.2) is 0 Å². The molecule has 0 fully saturated rings. The summed E-state index contributed by atoms with van der Waals surface area (Å²) in [6.07, 6.45) is 0. The van der Waals surface area contributed by atoms with Gasteiger partial charge in [0.1, 0.15) is 5.75 Å². The Hall–Kier alpha value is -2.29. The lowest BCUT2D eigenvalue weighted by atomic mass is 9.96. The lowest BCUT2D eigenvalue weighted by molar-refractivity contribution is 0.0996. The fourth-order valence-electron chi connectivity index (χ4n) is 2.13. The van der Waals surface area contributed by atoms with E-state index in [2.05, 4.69) is 0 Å². The van der Waals surface area contributed by atoms with E-state index in [-0.39, 0.29) is 0 Å². The van der Waals surface area contributed by atoms with Crippen molar-refractivity contribution < 1.29 is 9.53 Å². The lowest BCUT2D eigenvalue weighted by Gasteiger charge is -2.16. The van der Waals surface area contributed by atoms with E-state index in [0.717, 1.165) is 16.7 Å². The summed E-state index contributed by atoms with van der Waals surface area (Å²) in [5, 5.41) is 0. The zero-order valence-corrected chi connectivity index (χ0v) is 11.1. The molecule has 0 aliphatic rings. The standard InChI is InChI=1S/C16H17NO2/c1-3-19-15-13(16(17)18)10-9-11(2)14(15)12-7-5-4-6-8-12/h4-10H,3H2,1-2H3,(H2,17,18). The molecule has 0 saturated carbocycles. The van der Waals surface area contributed by atoms with Crippen LogP contribution in [0.5, 0.6) is 5.75 Å². The van der Waals surface area contributed by atoms with Crippen molar-refractivity contribution in [2.75, 3.05) is 6.61 Å². The molecule has 0 spiro atoms. The second-order valence-electron chi connectivity index (χ2n) is 4.30. The number of nitrogens with two attached hydrogens (primary N) is 1. The molecule has 19 heavy (non-hydrogen) atoms. The first kappa shape index (κ1) is 13.1. The highest BCUT2D eigenvalue weighted by Gasteiger charge is 2.17. The van der Waals surface area contributed by atoms with E-state index >= 15 is 0 Å². The molecule has 2 N–H and O–H groups in total. The van der Waals surface area contributed by atoms with Gasteiger partial charge in [0, 0.05) is 5.56 Å². The Kier molecular flexibility index (Phi) is 3.85. The van der Waals surface area contributed by atoms with Crippen LogP contribution in [0.25, 0.3) is 11.1 Å². The molecule has 98 valence electrons. The number of hydrogen-bond acceptors (Lipinski definition) is 2. The number of ether oxygens (including phenoxy) is 1. The Morgan fingerprint density at radius 1 is 1.16 bits per heavy atom. The smallest absolute Gasteiger partial charge is 0.252 e. The van der Waals surface area contributed by atoms with Crippen LogP contribution in [0.3, 0.4) is 0 Å². The lowest BCUT2D eigenvalue weighted by Crippen LogP contribution is -2.14. The van der Waals surface area contributed by atoms with E-state index in [1.807, 2.05) is 50.2 Å². The average Bonchev–Trinajstić information content (AvgIpc) is 2.40. The topological polar surface area (TPSA) is 52.3 Å². The normalized spacial score (nSPS) is 10.2. The number of aryl methyl sites for hydroxylation is 1. The molecule has 0 saturated heterocycles. The number of amides is 1. The molecule has 0 aliphatic carbocycles. The summed E-state index contributed by atoms with van der Waals surface area (Å²) in [5.41, 5.74) is 8.85. The molecule has 1 amide bonds. The summed E-state index contributed by atoms with van der Waals surface area (Å²) in [4.78, 5) is 11.5. The highest BCUT2D eigenvalue weighted by atomic mass is 16.5. The number of primary amides is 1. The Morgan fingerprint density at radius 2 is 1.84 bits per heavy atom. The zero-order valence-electron chi connectivity index (χ0n) is 11.1. The molecule has 3 nitrogen and oxygen atoms in total. The summed E-state index contributed by atoms with van der Waals surface area (Å²) in [6.45, 7) is 4.38. The molecule has 2 aromatic carbocycles. The Labute approximate surface area is 113 Å². The predicted molar refractivity (Wildman–Crippen MR) is 76.3 cm³/mol. The number of carbonyl (C=O) groups excluding carboxylic acids is 1. The maximum atomic E-state index is 11.5. The van der Waals surface area contributed by atoms with Crippen LogP contribution < -0.4 is 10.5 Å². The van der Waals surface area contributed by atoms with Crippen LogP contribution in [0.2, 0.25) is 0 Å². The number of benzene rings is 2. The van der Waals surface area contributed by atoms with Crippen molar-refractivity contribution in [3.8, 4) is 16.9 Å². The van der Waals surface area contributed by atoms with Gasteiger partial charge in [-0.05, 0) is 31.0 Å². The molecular formula is C16H17NO2. The highest BCUT2D eigenvalue weighted by molar-refractivity contribution is 5.98. The Balaban J connectivity index is 2.70. The average molecular weight is 255 g/mol. The van der Waals surface area contributed by atoms with Gasteiger partial charge in [0.25, 0.3) is 5.91 Å². The van der Waals surface area contributed by atoms with Crippen LogP contribution in [-0.2, 0) is 0 Å². The maximum Gasteiger partial charge on any atom is 0.252 e. The zero-order chi connectivity index (χ0) is 13.8. The van der Waals surface area contributed by atoms with Crippen LogP contribution in [0.15, 0.2) is 42.5 Å². The number of hydrogen-bond donors (Lipinski definition) is 1. The van der Waals surface area contributed by atoms with E-state index in [1.54, 1.807) is 6.07 Å². The van der Waals surface area contributed by atoms with E-state index in [0.29, 0.717) is 17.9 Å². The third-order valence-corrected chi connectivity index (χ3v) is 2.98. The van der Waals surface area contributed by atoms with Gasteiger partial charge in [-0.3, -0.25) is 4.79 Å². The summed E-state index contributed by atoms with van der Waals surface area (Å²) in [5.74, 6) is 0.0989. The maximum absolute atomic E-state index is 11.5. The number of rotatable bonds is 4. The molecule has 0 heterocycles. The van der Waals surface area contributed by atoms with Gasteiger partial charge in [0.2, 0.25) is 0 Å². The van der Waals surface area contributed by atoms with Crippen molar-refractivity contribution in [2.45, 2.75) is 13.8 Å². The molecule has 0 bridgehead atoms. The minimum Gasteiger partial charge on any atom is -0.492 e. The second-order valence-corrected chi connectivity index (χ2v) is 4.30. The largest absolute Gasteiger partial charge is 0.492 e. The van der Waals surface area contributed by atoms with Crippen molar-refractivity contribution in [1.82, 2.24) is 0 Å². The fourth-order valence-corrected chi connectivity index (χ4v) is 2.13. The van der Waals surface area contributed by atoms with Crippen LogP contribution in [-0.4, -0.2) is 12.5 Å². The van der Waals surface area contributed by atoms with Crippen molar-refractivity contribution in [2.24, 2.45) is 5.73 Å². The predicted octanol–water partition coefficient (Wildman–Crippen LogP) is 3.16. The summed E-state index contributed by atoms with van der Waals surface area (Å²) in [6, 6.07) is 13.5. The molecule has 0 aliphatic heterocycles. The van der Waals surface area contributed by atoms with Gasteiger partial charge >= 0.3 is 0 Å². The first-order chi connectivity index (χ1) is 9.15. The van der Waals surface area contributed by atoms with Crippen molar-refractivity contribution in [1.29, 1.82) is 0 Å². The first-order valence-electron chi connectivity index (χ1n) is 6.26. The van der Waals surface area contributed by atoms with Crippen molar-refractivity contribution in [3.05, 3.63) is 53.6 Å². The van der Waals surface area contributed by atoms with Gasteiger partial charge in [0.15, 0.2) is 0 Å². The van der Waals surface area contributed by atoms with Gasteiger partial charge in [-0.1, -0.05) is 36.4 Å². The molecule has 0 radical (unpaired) electrons. The van der Waals surface area contributed by atoms with Crippen molar-refractivity contribution in [3.63, 3.8) is 0 Å². The van der Waals surface area contributed by atoms with Crippen molar-refractivity contribution >= 4 is 5.91 Å². The molecule has 2 rings (SSSR count). The molecule has 2 aromatic rings. The number of carbonyl (C=O) groups is 1. The van der Waals surface area contributed by atoms with Crippen LogP contribution in [0.4, 0.5) is 0 Å². The van der Waals surface area contributed by atoms with Crippen LogP contribution in [0.1, 0.15) is 22.8 Å². The first-order valence-corrected chi connectivity index (χ1v) is 6.26. The van der Waals surface area contributed by atoms with E-state index in [4.69, 9.17) is 10.5 Å². The summed E-state index contributed by atoms with van der Waals surface area (Å²) in [7, 11) is 0. The summed E-state index contributed by atoms with van der Waals surface area (Å²) >= 11 is 0. The summed E-state index contributed by atoms with van der Waals surface area (Å²) < 4.78 is 5.66. The third-order valence-electron chi connectivity index (χ3n) is 2.98. The molecule has 0 atom stereocenters. The van der Waals surface area contributed by atoms with E-state index in [9.17, 15) is 4.79 Å². The van der Waals surface area contributed by atoms with Gasteiger partial charge < -0.3 is 10.5 Å². The fraction of sp³-hybridized carbons (Fsp3) is 0.188. The van der Waals surface area contributed by atoms with E-state index in [1.165, 1.54) is 0 Å². The van der Waals surface area contributed by atoms with E-state index < -0.39 is 5.91 Å².